The van der Waals surface area contributed by atoms with Gasteiger partial charge < -0.3 is 15.2 Å². The van der Waals surface area contributed by atoms with Crippen molar-refractivity contribution >= 4 is 40.1 Å². The predicted octanol–water partition coefficient (Wildman–Crippen LogP) is 3.15. The van der Waals surface area contributed by atoms with Crippen molar-refractivity contribution in [2.75, 3.05) is 11.9 Å². The van der Waals surface area contributed by atoms with Gasteiger partial charge in [0.15, 0.2) is 0 Å². The third-order valence-electron chi connectivity index (χ3n) is 4.97. The maximum atomic E-state index is 12.9. The number of fused-ring (bicyclic) bond motifs is 2. The summed E-state index contributed by atoms with van der Waals surface area (Å²) in [6, 6.07) is 12.3. The third-order valence-corrected chi connectivity index (χ3v) is 4.97. The lowest BCUT2D eigenvalue weighted by Crippen LogP contribution is -2.23. The molecular formula is C23H21N3O5. The Morgan fingerprint density at radius 1 is 1.26 bits per heavy atom. The number of hydrogen-bond donors (Lipinski definition) is 2. The Labute approximate surface area is 177 Å². The molecule has 8 nitrogen and oxygen atoms in total. The van der Waals surface area contributed by atoms with Crippen molar-refractivity contribution in [1.82, 2.24) is 9.55 Å². The second-order valence-corrected chi connectivity index (χ2v) is 7.22. The molecule has 0 bridgehead atoms. The average molecular weight is 419 g/mol. The first-order valence-electron chi connectivity index (χ1n) is 9.99. The summed E-state index contributed by atoms with van der Waals surface area (Å²) in [5, 5.41) is 11.5. The topological polar surface area (TPSA) is 111 Å². The molecule has 0 radical (unpaired) electrons. The van der Waals surface area contributed by atoms with E-state index >= 15 is 0 Å². The second kappa shape index (κ2) is 8.43. The first kappa shape index (κ1) is 20.3. The number of rotatable bonds is 5. The van der Waals surface area contributed by atoms with Crippen LogP contribution in [0.5, 0.6) is 5.75 Å². The molecule has 8 heteroatoms. The highest BCUT2D eigenvalue weighted by molar-refractivity contribution is 6.36. The number of nitrogens with one attached hydrogen (secondary N) is 1. The molecule has 0 unspecified atom stereocenters. The molecule has 4 rings (SSSR count). The lowest BCUT2D eigenvalue weighted by Gasteiger charge is -2.08. The normalized spacial score (nSPS) is 13.9. The van der Waals surface area contributed by atoms with Gasteiger partial charge in [-0.3, -0.25) is 14.2 Å². The molecule has 1 aliphatic heterocycles. The minimum Gasteiger partial charge on any atom is -0.494 e. The lowest BCUT2D eigenvalue weighted by atomic mass is 10.1. The summed E-state index contributed by atoms with van der Waals surface area (Å²) in [5.41, 5.74) is 2.37. The zero-order valence-electron chi connectivity index (χ0n) is 16.9. The summed E-state index contributed by atoms with van der Waals surface area (Å²) >= 11 is 0. The molecule has 1 aliphatic rings. The average Bonchev–Trinajstić information content (AvgIpc) is 3.15. The van der Waals surface area contributed by atoms with Gasteiger partial charge in [-0.2, -0.15) is 0 Å². The van der Waals surface area contributed by atoms with Crippen LogP contribution in [-0.2, 0) is 16.1 Å². The largest absolute Gasteiger partial charge is 0.494 e. The van der Waals surface area contributed by atoms with Gasteiger partial charge in [-0.1, -0.05) is 19.1 Å². The Morgan fingerprint density at radius 3 is 2.87 bits per heavy atom. The maximum absolute atomic E-state index is 12.9. The van der Waals surface area contributed by atoms with Crippen molar-refractivity contribution in [3.63, 3.8) is 0 Å². The zero-order chi connectivity index (χ0) is 22.0. The summed E-state index contributed by atoms with van der Waals surface area (Å²) in [6.45, 7) is 3.23. The van der Waals surface area contributed by atoms with Gasteiger partial charge in [0.1, 0.15) is 11.6 Å². The van der Waals surface area contributed by atoms with Gasteiger partial charge >= 0.3 is 11.9 Å². The molecule has 31 heavy (non-hydrogen) atoms. The van der Waals surface area contributed by atoms with Crippen molar-refractivity contribution < 1.29 is 19.4 Å². The Balaban J connectivity index is 1.72. The summed E-state index contributed by atoms with van der Waals surface area (Å²) in [4.78, 5) is 39.8. The number of aliphatic carboxylic acids is 1. The fourth-order valence-electron chi connectivity index (χ4n) is 3.53. The van der Waals surface area contributed by atoms with Crippen LogP contribution in [0.4, 0.5) is 5.69 Å². The summed E-state index contributed by atoms with van der Waals surface area (Å²) in [6.07, 6.45) is 3.58. The van der Waals surface area contributed by atoms with Crippen LogP contribution in [0.25, 0.3) is 22.6 Å². The van der Waals surface area contributed by atoms with E-state index in [1.54, 1.807) is 10.6 Å². The van der Waals surface area contributed by atoms with Crippen molar-refractivity contribution in [3.8, 4) is 5.75 Å². The van der Waals surface area contributed by atoms with Crippen LogP contribution in [0, 0.1) is 0 Å². The van der Waals surface area contributed by atoms with E-state index in [4.69, 9.17) is 9.84 Å². The predicted molar refractivity (Wildman–Crippen MR) is 117 cm³/mol. The van der Waals surface area contributed by atoms with Crippen LogP contribution >= 0.6 is 0 Å². The number of carbonyl (C=O) groups excluding carboxylic acids is 1. The fourth-order valence-corrected chi connectivity index (χ4v) is 3.53. The number of nitrogens with zero attached hydrogens (tertiary/aromatic N) is 2. The Hall–Kier alpha value is -3.94. The molecule has 0 saturated heterocycles. The second-order valence-electron chi connectivity index (χ2n) is 7.22. The van der Waals surface area contributed by atoms with E-state index < -0.39 is 11.9 Å². The van der Waals surface area contributed by atoms with E-state index in [1.807, 2.05) is 37.3 Å². The monoisotopic (exact) mass is 419 g/mol. The van der Waals surface area contributed by atoms with Gasteiger partial charge in [0.2, 0.25) is 0 Å². The van der Waals surface area contributed by atoms with E-state index in [-0.39, 0.29) is 11.2 Å². The van der Waals surface area contributed by atoms with E-state index in [0.717, 1.165) is 23.3 Å². The Morgan fingerprint density at radius 2 is 2.10 bits per heavy atom. The van der Waals surface area contributed by atoms with Crippen LogP contribution < -0.4 is 15.6 Å². The molecule has 0 fully saturated rings. The zero-order valence-corrected chi connectivity index (χ0v) is 16.9. The number of carboxylic acids is 1. The molecular weight excluding hydrogens is 398 g/mol. The number of benzene rings is 2. The van der Waals surface area contributed by atoms with Crippen LogP contribution in [0.15, 0.2) is 47.3 Å². The number of anilines is 1. The summed E-state index contributed by atoms with van der Waals surface area (Å²) in [7, 11) is 0. The molecule has 1 aromatic heterocycles. The number of ether oxygens (including phenoxy) is 1. The number of carboxylic acid groups (broad SMARTS) is 1. The van der Waals surface area contributed by atoms with Gasteiger partial charge in [-0.15, -0.1) is 0 Å². The highest BCUT2D eigenvalue weighted by Crippen LogP contribution is 2.29. The Bertz CT molecular complexity index is 1280. The van der Waals surface area contributed by atoms with E-state index in [1.165, 1.54) is 12.1 Å². The molecule has 1 amide bonds. The SMILES string of the molecule is CCCOc1cccc(C=C2CCn3c2nc2cc(NC(=O)C(=O)O)ccc2c3=O)c1. The van der Waals surface area contributed by atoms with Gasteiger partial charge in [0, 0.05) is 12.2 Å². The first-order valence-corrected chi connectivity index (χ1v) is 9.99. The molecule has 0 atom stereocenters. The molecule has 0 spiro atoms. The maximum Gasteiger partial charge on any atom is 0.394 e. The van der Waals surface area contributed by atoms with Gasteiger partial charge in [0.05, 0.1) is 17.5 Å². The molecule has 0 aliphatic carbocycles. The highest BCUT2D eigenvalue weighted by atomic mass is 16.5. The molecule has 0 saturated carbocycles. The Kier molecular flexibility index (Phi) is 5.53. The van der Waals surface area contributed by atoms with Gasteiger partial charge in [-0.05, 0) is 60.4 Å². The van der Waals surface area contributed by atoms with Gasteiger partial charge in [0.25, 0.3) is 5.56 Å². The number of amides is 1. The molecule has 2 heterocycles. The molecule has 2 N–H and O–H groups in total. The van der Waals surface area contributed by atoms with E-state index in [2.05, 4.69) is 10.3 Å². The smallest absolute Gasteiger partial charge is 0.394 e. The quantitative estimate of drug-likeness (QED) is 0.615. The number of aromatic nitrogens is 2. The number of hydrogen-bond acceptors (Lipinski definition) is 5. The van der Waals surface area contributed by atoms with Crippen LogP contribution in [0.1, 0.15) is 31.2 Å². The van der Waals surface area contributed by atoms with Crippen molar-refractivity contribution in [2.24, 2.45) is 0 Å². The van der Waals surface area contributed by atoms with Crippen molar-refractivity contribution in [3.05, 3.63) is 64.2 Å². The molecule has 2 aromatic carbocycles. The first-order chi connectivity index (χ1) is 15.0. The third kappa shape index (κ3) is 4.18. The molecule has 158 valence electrons. The number of allylic oxidation sites excluding steroid dienone is 1. The minimum atomic E-state index is -1.59. The molecule has 3 aromatic rings. The van der Waals surface area contributed by atoms with Crippen LogP contribution in [0.2, 0.25) is 0 Å². The van der Waals surface area contributed by atoms with E-state index in [9.17, 15) is 14.4 Å². The minimum absolute atomic E-state index is 0.167. The van der Waals surface area contributed by atoms with Crippen LogP contribution in [-0.4, -0.2) is 33.1 Å². The summed E-state index contributed by atoms with van der Waals surface area (Å²) < 4.78 is 7.33. The highest BCUT2D eigenvalue weighted by Gasteiger charge is 2.21. The fraction of sp³-hybridized carbons (Fsp3) is 0.217. The summed E-state index contributed by atoms with van der Waals surface area (Å²) in [5.74, 6) is -1.38. The van der Waals surface area contributed by atoms with Crippen molar-refractivity contribution in [2.45, 2.75) is 26.3 Å². The van der Waals surface area contributed by atoms with Gasteiger partial charge in [-0.25, -0.2) is 9.78 Å². The number of carbonyl (C=O) groups is 2. The standard InChI is InChI=1S/C23H21N3O5/c1-2-10-31-17-5-3-4-14(12-17)11-15-8-9-26-20(15)25-19-13-16(24-21(27)23(29)30)6-7-18(19)22(26)28/h3-7,11-13H,2,8-10H2,1H3,(H,24,27)(H,29,30). The van der Waals surface area contributed by atoms with E-state index in [0.29, 0.717) is 36.3 Å². The lowest BCUT2D eigenvalue weighted by molar-refractivity contribution is -0.147. The van der Waals surface area contributed by atoms with Crippen LogP contribution in [0.3, 0.4) is 0 Å². The van der Waals surface area contributed by atoms with Crippen molar-refractivity contribution in [1.29, 1.82) is 0 Å².